The molecule has 1 amide bonds. The summed E-state index contributed by atoms with van der Waals surface area (Å²) in [4.78, 5) is 39.8. The number of primary amides is 1. The summed E-state index contributed by atoms with van der Waals surface area (Å²) in [6.45, 7) is 8.07. The van der Waals surface area contributed by atoms with Crippen LogP contribution in [-0.2, 0) is 19.1 Å². The van der Waals surface area contributed by atoms with Crippen LogP contribution in [0.5, 0.6) is 0 Å². The van der Waals surface area contributed by atoms with Gasteiger partial charge in [-0.2, -0.15) is 0 Å². The Kier molecular flexibility index (Phi) is 4.13. The topological polar surface area (TPSA) is 133 Å². The lowest BCUT2D eigenvalue weighted by Crippen LogP contribution is -2.55. The van der Waals surface area contributed by atoms with Crippen LogP contribution in [0.15, 0.2) is 34.7 Å². The van der Waals surface area contributed by atoms with Crippen molar-refractivity contribution in [3.8, 4) is 0 Å². The average Bonchev–Trinajstić information content (AvgIpc) is 3.24. The molecule has 3 heterocycles. The monoisotopic (exact) mass is 388 g/mol. The predicted octanol–water partition coefficient (Wildman–Crippen LogP) is -0.444. The van der Waals surface area contributed by atoms with Crippen LogP contribution in [0, 0.1) is 5.92 Å². The zero-order valence-electron chi connectivity index (χ0n) is 16.1. The number of nitrogens with zero attached hydrogens (tertiary/aromatic N) is 1. The van der Waals surface area contributed by atoms with Gasteiger partial charge < -0.3 is 30.7 Å². The van der Waals surface area contributed by atoms with E-state index in [1.54, 1.807) is 14.0 Å². The Morgan fingerprint density at radius 1 is 1.43 bits per heavy atom. The summed E-state index contributed by atoms with van der Waals surface area (Å²) in [5.74, 6) is -1.13. The molecule has 1 aliphatic carbocycles. The molecule has 2 fully saturated rings. The second-order valence-corrected chi connectivity index (χ2v) is 7.73. The number of carbonyl (C=O) groups is 3. The normalized spacial score (nSPS) is 33.0. The number of rotatable bonds is 6. The molecular formula is C19H24N4O5. The molecule has 28 heavy (non-hydrogen) atoms. The number of nitrogens with one attached hydrogen (secondary N) is 2. The fourth-order valence-electron chi connectivity index (χ4n) is 4.74. The minimum Gasteiger partial charge on any atom is -0.449 e. The minimum atomic E-state index is -0.958. The Labute approximate surface area is 162 Å². The first-order valence-electron chi connectivity index (χ1n) is 9.17. The van der Waals surface area contributed by atoms with Gasteiger partial charge >= 0.3 is 6.09 Å². The second-order valence-electron chi connectivity index (χ2n) is 7.73. The van der Waals surface area contributed by atoms with Gasteiger partial charge in [-0.25, -0.2) is 4.79 Å². The molecule has 9 nitrogen and oxygen atoms in total. The standard InChI is InChI=1S/C19H24N4O5/c1-8(2)5-21-13-9(3)15(24)14-12(16(13)25)10(7-28-18(20)26)19(27-4)17-11(22-17)6-23(14)19/h10-11,17,21-22H,1,5-7H2,2-4H3,(H2,20,26)/t10-,11+,17+,19-/m1/s1. The van der Waals surface area contributed by atoms with Crippen LogP contribution in [0.25, 0.3) is 0 Å². The van der Waals surface area contributed by atoms with E-state index < -0.39 is 17.7 Å². The summed E-state index contributed by atoms with van der Waals surface area (Å²) in [5.41, 5.74) is 6.32. The molecule has 9 heteroatoms. The number of ketones is 2. The lowest BCUT2D eigenvalue weighted by Gasteiger charge is -2.39. The van der Waals surface area contributed by atoms with Gasteiger partial charge in [-0.3, -0.25) is 9.59 Å². The highest BCUT2D eigenvalue weighted by Crippen LogP contribution is 2.55. The van der Waals surface area contributed by atoms with Crippen molar-refractivity contribution < 1.29 is 23.9 Å². The van der Waals surface area contributed by atoms with E-state index in [0.29, 0.717) is 29.9 Å². The SMILES string of the molecule is C=C(C)CNC1=C(C)C(=O)C2=C(C1=O)[C@@H](COC(N)=O)[C@@]1(OC)[C@H]3N[C@H]3CN21. The number of hydrogen-bond acceptors (Lipinski definition) is 8. The highest BCUT2D eigenvalue weighted by Gasteiger charge is 2.72. The molecule has 4 N–H and O–H groups in total. The van der Waals surface area contributed by atoms with E-state index in [9.17, 15) is 14.4 Å². The van der Waals surface area contributed by atoms with Gasteiger partial charge in [-0.05, 0) is 13.8 Å². The van der Waals surface area contributed by atoms with E-state index in [-0.39, 0.29) is 36.0 Å². The fraction of sp³-hybridized carbons (Fsp3) is 0.526. The Morgan fingerprint density at radius 2 is 2.14 bits per heavy atom. The van der Waals surface area contributed by atoms with Gasteiger partial charge in [0.1, 0.15) is 6.61 Å². The molecule has 4 rings (SSSR count). The molecule has 4 aliphatic rings. The first-order chi connectivity index (χ1) is 13.2. The summed E-state index contributed by atoms with van der Waals surface area (Å²) < 4.78 is 11.0. The molecule has 0 unspecified atom stereocenters. The molecule has 0 saturated carbocycles. The molecular weight excluding hydrogens is 364 g/mol. The Balaban J connectivity index is 1.77. The van der Waals surface area contributed by atoms with Crippen LogP contribution in [0.4, 0.5) is 4.79 Å². The fourth-order valence-corrected chi connectivity index (χ4v) is 4.74. The van der Waals surface area contributed by atoms with Crippen LogP contribution < -0.4 is 16.4 Å². The zero-order chi connectivity index (χ0) is 20.4. The van der Waals surface area contributed by atoms with E-state index in [0.717, 1.165) is 5.57 Å². The smallest absolute Gasteiger partial charge is 0.404 e. The van der Waals surface area contributed by atoms with E-state index >= 15 is 0 Å². The van der Waals surface area contributed by atoms with Crippen molar-refractivity contribution in [3.63, 3.8) is 0 Å². The van der Waals surface area contributed by atoms with Crippen LogP contribution in [0.2, 0.25) is 0 Å². The van der Waals surface area contributed by atoms with Crippen LogP contribution in [0.1, 0.15) is 13.8 Å². The van der Waals surface area contributed by atoms with Gasteiger partial charge in [0.05, 0.1) is 23.4 Å². The summed E-state index contributed by atoms with van der Waals surface area (Å²) >= 11 is 0. The first kappa shape index (κ1) is 18.7. The third kappa shape index (κ3) is 2.36. The van der Waals surface area contributed by atoms with Gasteiger partial charge in [0.2, 0.25) is 11.6 Å². The quantitative estimate of drug-likeness (QED) is 0.317. The molecule has 0 aromatic heterocycles. The highest BCUT2D eigenvalue weighted by atomic mass is 16.6. The van der Waals surface area contributed by atoms with Gasteiger partial charge in [0, 0.05) is 37.4 Å². The molecule has 4 atom stereocenters. The zero-order valence-corrected chi connectivity index (χ0v) is 16.1. The number of nitrogens with two attached hydrogens (primary N) is 1. The van der Waals surface area contributed by atoms with Crippen molar-refractivity contribution >= 4 is 17.7 Å². The Hall–Kier alpha value is -2.65. The number of piperazine rings is 1. The number of carbonyl (C=O) groups excluding carboxylic acids is 3. The van der Waals surface area contributed by atoms with E-state index in [1.165, 1.54) is 0 Å². The molecule has 0 spiro atoms. The number of Topliss-reactive ketones (excluding diaryl/α,β-unsaturated/α-hetero) is 2. The number of ether oxygens (including phenoxy) is 2. The third-order valence-corrected chi connectivity index (χ3v) is 5.99. The Morgan fingerprint density at radius 3 is 2.75 bits per heavy atom. The highest BCUT2D eigenvalue weighted by molar-refractivity contribution is 6.25. The molecule has 0 aromatic rings. The lowest BCUT2D eigenvalue weighted by atomic mass is 9.82. The van der Waals surface area contributed by atoms with Crippen molar-refractivity contribution in [1.29, 1.82) is 0 Å². The molecule has 0 bridgehead atoms. The number of allylic oxidation sites excluding steroid dienone is 2. The average molecular weight is 388 g/mol. The maximum atomic E-state index is 13.4. The lowest BCUT2D eigenvalue weighted by molar-refractivity contribution is -0.137. The largest absolute Gasteiger partial charge is 0.449 e. The van der Waals surface area contributed by atoms with Gasteiger partial charge in [0.25, 0.3) is 0 Å². The molecule has 3 aliphatic heterocycles. The van der Waals surface area contributed by atoms with E-state index in [2.05, 4.69) is 17.2 Å². The molecule has 0 aromatic carbocycles. The van der Waals surface area contributed by atoms with Crippen molar-refractivity contribution in [2.45, 2.75) is 31.7 Å². The van der Waals surface area contributed by atoms with E-state index in [4.69, 9.17) is 15.2 Å². The van der Waals surface area contributed by atoms with Crippen LogP contribution >= 0.6 is 0 Å². The van der Waals surface area contributed by atoms with Gasteiger partial charge in [0.15, 0.2) is 5.72 Å². The van der Waals surface area contributed by atoms with Crippen molar-refractivity contribution in [2.75, 3.05) is 26.8 Å². The van der Waals surface area contributed by atoms with Gasteiger partial charge in [-0.15, -0.1) is 0 Å². The summed E-state index contributed by atoms with van der Waals surface area (Å²) in [6.07, 6.45) is -0.938. The summed E-state index contributed by atoms with van der Waals surface area (Å²) in [7, 11) is 1.54. The number of amides is 1. The number of hydrogen-bond donors (Lipinski definition) is 3. The van der Waals surface area contributed by atoms with Gasteiger partial charge in [-0.1, -0.05) is 12.2 Å². The predicted molar refractivity (Wildman–Crippen MR) is 98.7 cm³/mol. The summed E-state index contributed by atoms with van der Waals surface area (Å²) in [5, 5.41) is 6.36. The maximum absolute atomic E-state index is 13.4. The Bertz CT molecular complexity index is 876. The molecule has 150 valence electrons. The maximum Gasteiger partial charge on any atom is 0.404 e. The minimum absolute atomic E-state index is 0.0580. The van der Waals surface area contributed by atoms with Crippen molar-refractivity contribution in [2.24, 2.45) is 11.7 Å². The third-order valence-electron chi connectivity index (χ3n) is 5.99. The van der Waals surface area contributed by atoms with Crippen molar-refractivity contribution in [3.05, 3.63) is 34.7 Å². The van der Waals surface area contributed by atoms with E-state index in [1.807, 2.05) is 11.8 Å². The van der Waals surface area contributed by atoms with Crippen molar-refractivity contribution in [1.82, 2.24) is 15.5 Å². The number of fused-ring (bicyclic) bond motifs is 4. The molecule has 2 saturated heterocycles. The van der Waals surface area contributed by atoms with Crippen LogP contribution in [-0.4, -0.2) is 67.2 Å². The van der Waals surface area contributed by atoms with Crippen LogP contribution in [0.3, 0.4) is 0 Å². The summed E-state index contributed by atoms with van der Waals surface area (Å²) in [6, 6.07) is 0.109. The second kappa shape index (κ2) is 6.18. The number of methoxy groups -OCH3 is 1. The molecule has 0 radical (unpaired) electrons. The first-order valence-corrected chi connectivity index (χ1v) is 9.17.